The van der Waals surface area contributed by atoms with Gasteiger partial charge in [0.15, 0.2) is 5.58 Å². The lowest BCUT2D eigenvalue weighted by atomic mass is 10.0. The molecule has 9 aromatic rings. The van der Waals surface area contributed by atoms with Gasteiger partial charge in [0.25, 0.3) is 0 Å². The smallest absolute Gasteiger partial charge is 0.227 e. The first-order valence-corrected chi connectivity index (χ1v) is 14.9. The molecular weight excluding hydrogens is 554 g/mol. The number of pyridine rings is 2. The van der Waals surface area contributed by atoms with Crippen molar-refractivity contribution >= 4 is 61.2 Å². The molecule has 0 fully saturated rings. The largest absolute Gasteiger partial charge is 0.454 e. The van der Waals surface area contributed by atoms with Gasteiger partial charge in [0, 0.05) is 56.7 Å². The molecule has 212 valence electrons. The summed E-state index contributed by atoms with van der Waals surface area (Å²) in [5, 5.41) is 3.12. The second-order valence-electron chi connectivity index (χ2n) is 11.0. The second-order valence-corrected chi connectivity index (χ2v) is 11.0. The Morgan fingerprint density at radius 3 is 1.71 bits per heavy atom. The summed E-state index contributed by atoms with van der Waals surface area (Å²) in [6.45, 7) is 0. The molecule has 0 N–H and O–H groups in total. The van der Waals surface area contributed by atoms with Crippen molar-refractivity contribution in [3.8, 4) is 22.3 Å². The second kappa shape index (κ2) is 10.2. The van der Waals surface area contributed by atoms with Gasteiger partial charge in [-0.25, -0.2) is 4.98 Å². The molecule has 4 aromatic heterocycles. The van der Waals surface area contributed by atoms with Crippen LogP contribution in [0.25, 0.3) is 66.4 Å². The molecule has 0 saturated heterocycles. The van der Waals surface area contributed by atoms with Crippen molar-refractivity contribution in [3.05, 3.63) is 152 Å². The normalized spacial score (nSPS) is 11.6. The number of anilines is 3. The number of fused-ring (bicyclic) bond motifs is 6. The highest BCUT2D eigenvalue weighted by atomic mass is 16.3. The molecule has 0 amide bonds. The van der Waals surface area contributed by atoms with E-state index in [0.29, 0.717) is 5.71 Å². The summed E-state index contributed by atoms with van der Waals surface area (Å²) < 4.78 is 12.5. The number of rotatable bonds is 5. The third-order valence-corrected chi connectivity index (χ3v) is 8.42. The Morgan fingerprint density at radius 2 is 1.00 bits per heavy atom. The fourth-order valence-corrected chi connectivity index (χ4v) is 6.31. The Balaban J connectivity index is 1.11. The molecule has 0 spiro atoms. The van der Waals surface area contributed by atoms with E-state index in [2.05, 4.69) is 130 Å². The molecule has 0 atom stereocenters. The van der Waals surface area contributed by atoms with Crippen LogP contribution in [0.15, 0.2) is 161 Å². The van der Waals surface area contributed by atoms with Crippen molar-refractivity contribution in [3.63, 3.8) is 0 Å². The van der Waals surface area contributed by atoms with Crippen molar-refractivity contribution in [1.82, 2.24) is 9.97 Å². The van der Waals surface area contributed by atoms with Crippen LogP contribution in [0.1, 0.15) is 0 Å². The summed E-state index contributed by atoms with van der Waals surface area (Å²) in [6, 6.07) is 48.1. The van der Waals surface area contributed by atoms with Crippen LogP contribution in [-0.2, 0) is 0 Å². The first kappa shape index (κ1) is 25.3. The zero-order chi connectivity index (χ0) is 29.7. The van der Waals surface area contributed by atoms with Gasteiger partial charge in [-0.2, -0.15) is 0 Å². The van der Waals surface area contributed by atoms with Crippen molar-refractivity contribution < 1.29 is 8.83 Å². The standard InChI is InChI=1S/C40H25N3O2/c1-2-8-28(9-3-1)43(29-20-16-26(17-21-29)31-10-4-12-33-34-14-6-25-42-40(34)45-38(31)33)30-22-18-27(19-23-30)32-11-5-13-35-37-36(44-39(32)35)15-7-24-41-37/h1-25H. The highest BCUT2D eigenvalue weighted by Crippen LogP contribution is 2.40. The van der Waals surface area contributed by atoms with E-state index in [1.807, 2.05) is 24.3 Å². The molecule has 9 rings (SSSR count). The quantitative estimate of drug-likeness (QED) is 0.203. The molecular formula is C40H25N3O2. The van der Waals surface area contributed by atoms with Crippen LogP contribution in [0.3, 0.4) is 0 Å². The molecule has 5 heteroatoms. The van der Waals surface area contributed by atoms with Gasteiger partial charge in [0.05, 0.1) is 0 Å². The summed E-state index contributed by atoms with van der Waals surface area (Å²) in [6.07, 6.45) is 3.57. The fourth-order valence-electron chi connectivity index (χ4n) is 6.31. The molecule has 0 radical (unpaired) electrons. The van der Waals surface area contributed by atoms with E-state index in [9.17, 15) is 0 Å². The van der Waals surface area contributed by atoms with Crippen LogP contribution in [0, 0.1) is 0 Å². The van der Waals surface area contributed by atoms with Gasteiger partial charge in [-0.3, -0.25) is 4.98 Å². The zero-order valence-corrected chi connectivity index (χ0v) is 24.1. The molecule has 5 aromatic carbocycles. The minimum atomic E-state index is 0.656. The topological polar surface area (TPSA) is 55.3 Å². The molecule has 0 saturated carbocycles. The maximum Gasteiger partial charge on any atom is 0.227 e. The molecule has 0 bridgehead atoms. The van der Waals surface area contributed by atoms with Crippen molar-refractivity contribution in [2.45, 2.75) is 0 Å². The first-order chi connectivity index (χ1) is 22.3. The van der Waals surface area contributed by atoms with E-state index in [1.54, 1.807) is 12.4 Å². The van der Waals surface area contributed by atoms with Crippen LogP contribution < -0.4 is 4.90 Å². The van der Waals surface area contributed by atoms with E-state index >= 15 is 0 Å². The van der Waals surface area contributed by atoms with Gasteiger partial charge in [-0.1, -0.05) is 72.8 Å². The predicted octanol–water partition coefficient (Wildman–Crippen LogP) is 11.1. The van der Waals surface area contributed by atoms with Gasteiger partial charge < -0.3 is 13.7 Å². The van der Waals surface area contributed by atoms with Crippen LogP contribution in [0.4, 0.5) is 17.1 Å². The third kappa shape index (κ3) is 4.17. The molecule has 45 heavy (non-hydrogen) atoms. The van der Waals surface area contributed by atoms with Crippen LogP contribution >= 0.6 is 0 Å². The third-order valence-electron chi connectivity index (χ3n) is 8.42. The number of hydrogen-bond acceptors (Lipinski definition) is 5. The Kier molecular flexibility index (Phi) is 5.74. The zero-order valence-electron chi connectivity index (χ0n) is 24.1. The summed E-state index contributed by atoms with van der Waals surface area (Å²) in [4.78, 5) is 11.2. The predicted molar refractivity (Wildman–Crippen MR) is 182 cm³/mol. The Hall–Kier alpha value is -6.20. The van der Waals surface area contributed by atoms with E-state index in [-0.39, 0.29) is 0 Å². The van der Waals surface area contributed by atoms with Gasteiger partial charge in [-0.15, -0.1) is 0 Å². The number of para-hydroxylation sites is 3. The summed E-state index contributed by atoms with van der Waals surface area (Å²) >= 11 is 0. The Labute approximate surface area is 258 Å². The number of hydrogen-bond donors (Lipinski definition) is 0. The van der Waals surface area contributed by atoms with Gasteiger partial charge in [0.2, 0.25) is 5.71 Å². The molecule has 0 unspecified atom stereocenters. The number of aromatic nitrogens is 2. The lowest BCUT2D eigenvalue weighted by molar-refractivity contribution is 0.655. The van der Waals surface area contributed by atoms with Crippen molar-refractivity contribution in [1.29, 1.82) is 0 Å². The molecule has 0 aliphatic carbocycles. The van der Waals surface area contributed by atoms with Crippen LogP contribution in [0.5, 0.6) is 0 Å². The van der Waals surface area contributed by atoms with Gasteiger partial charge in [0.1, 0.15) is 16.7 Å². The summed E-state index contributed by atoms with van der Waals surface area (Å²) in [5.74, 6) is 0. The molecule has 5 nitrogen and oxygen atoms in total. The van der Waals surface area contributed by atoms with E-state index < -0.39 is 0 Å². The van der Waals surface area contributed by atoms with Gasteiger partial charge in [-0.05, 0) is 77.9 Å². The average Bonchev–Trinajstić information content (AvgIpc) is 3.68. The number of furan rings is 2. The molecule has 4 heterocycles. The molecule has 0 aliphatic heterocycles. The SMILES string of the molecule is c1ccc(N(c2ccc(-c3cccc4c3oc3ncccc34)cc2)c2ccc(-c3cccc4c3oc3cccnc34)cc2)cc1. The minimum Gasteiger partial charge on any atom is -0.454 e. The Morgan fingerprint density at radius 1 is 0.422 bits per heavy atom. The number of nitrogens with zero attached hydrogens (tertiary/aromatic N) is 3. The van der Waals surface area contributed by atoms with Crippen molar-refractivity contribution in [2.24, 2.45) is 0 Å². The first-order valence-electron chi connectivity index (χ1n) is 14.9. The highest BCUT2D eigenvalue weighted by molar-refractivity contribution is 6.09. The lowest BCUT2D eigenvalue weighted by Crippen LogP contribution is -2.09. The number of benzene rings is 5. The van der Waals surface area contributed by atoms with E-state index in [1.165, 1.54) is 0 Å². The minimum absolute atomic E-state index is 0.656. The monoisotopic (exact) mass is 579 g/mol. The van der Waals surface area contributed by atoms with Crippen LogP contribution in [0.2, 0.25) is 0 Å². The van der Waals surface area contributed by atoms with Crippen molar-refractivity contribution in [2.75, 3.05) is 4.90 Å². The van der Waals surface area contributed by atoms with Gasteiger partial charge >= 0.3 is 0 Å². The average molecular weight is 580 g/mol. The van der Waals surface area contributed by atoms with E-state index in [4.69, 9.17) is 8.83 Å². The lowest BCUT2D eigenvalue weighted by Gasteiger charge is -2.26. The van der Waals surface area contributed by atoms with Crippen LogP contribution in [-0.4, -0.2) is 9.97 Å². The Bertz CT molecular complexity index is 2320. The highest BCUT2D eigenvalue weighted by Gasteiger charge is 2.17. The van der Waals surface area contributed by atoms with E-state index in [0.717, 1.165) is 77.7 Å². The fraction of sp³-hybridized carbons (Fsp3) is 0. The summed E-state index contributed by atoms with van der Waals surface area (Å²) in [7, 11) is 0. The maximum absolute atomic E-state index is 6.26. The molecule has 0 aliphatic rings. The summed E-state index contributed by atoms with van der Waals surface area (Å²) in [5.41, 5.74) is 11.5. The maximum atomic E-state index is 6.26.